The molecule has 2 atom stereocenters. The van der Waals surface area contributed by atoms with E-state index in [-0.39, 0.29) is 5.92 Å². The van der Waals surface area contributed by atoms with Crippen molar-refractivity contribution in [1.29, 1.82) is 0 Å². The van der Waals surface area contributed by atoms with Crippen LogP contribution in [0.15, 0.2) is 75.5 Å². The summed E-state index contributed by atoms with van der Waals surface area (Å²) in [4.78, 5) is 11.9. The van der Waals surface area contributed by atoms with Gasteiger partial charge in [-0.1, -0.05) is 30.3 Å². The summed E-state index contributed by atoms with van der Waals surface area (Å²) in [5.74, 6) is -2.09. The molecule has 0 aromatic heterocycles. The number of nitrogens with one attached hydrogen (secondary N) is 1. The number of anilines is 1. The van der Waals surface area contributed by atoms with Gasteiger partial charge in [-0.05, 0) is 86.7 Å². The molecule has 2 aromatic rings. The Bertz CT molecular complexity index is 942. The Balaban J connectivity index is 1.63. The summed E-state index contributed by atoms with van der Waals surface area (Å²) in [5.41, 5.74) is 0.730. The number of carbonyl (C=O) groups excluding carboxylic acids is 1. The van der Waals surface area contributed by atoms with Gasteiger partial charge < -0.3 is 5.32 Å². The molecular formula is C21H17Br2F2NO. The fourth-order valence-electron chi connectivity index (χ4n) is 2.83. The van der Waals surface area contributed by atoms with Crippen molar-refractivity contribution in [3.63, 3.8) is 0 Å². The molecule has 1 N–H and O–H groups in total. The van der Waals surface area contributed by atoms with Gasteiger partial charge in [-0.25, -0.2) is 8.78 Å². The Hall–Kier alpha value is -1.79. The minimum Gasteiger partial charge on any atom is -0.320 e. The lowest BCUT2D eigenvalue weighted by molar-refractivity contribution is -0.114. The number of allylic oxidation sites excluding steroid dienone is 3. The highest BCUT2D eigenvalue weighted by Gasteiger charge is 2.54. The molecule has 2 unspecified atom stereocenters. The fraction of sp³-hybridized carbons (Fsp3) is 0.190. The first kappa shape index (κ1) is 20.0. The highest BCUT2D eigenvalue weighted by molar-refractivity contribution is 9.13. The van der Waals surface area contributed by atoms with Gasteiger partial charge in [0.2, 0.25) is 0 Å². The molecule has 1 amide bonds. The molecule has 2 aromatic carbocycles. The fourth-order valence-corrected chi connectivity index (χ4v) is 3.47. The summed E-state index contributed by atoms with van der Waals surface area (Å²) in [6.45, 7) is 1.82. The normalized spacial score (nSPS) is 22.1. The number of halogens is 4. The lowest BCUT2D eigenvalue weighted by atomic mass is 10.1. The Morgan fingerprint density at radius 1 is 1.22 bits per heavy atom. The van der Waals surface area contributed by atoms with Crippen molar-refractivity contribution in [3.8, 4) is 0 Å². The second-order valence-corrected chi connectivity index (χ2v) is 8.21. The van der Waals surface area contributed by atoms with E-state index < -0.39 is 17.4 Å². The predicted molar refractivity (Wildman–Crippen MR) is 111 cm³/mol. The van der Waals surface area contributed by atoms with Crippen molar-refractivity contribution in [2.75, 3.05) is 5.32 Å². The van der Waals surface area contributed by atoms with Crippen molar-refractivity contribution in [2.45, 2.75) is 24.9 Å². The maximum atomic E-state index is 14.8. The SMILES string of the molecule is Cc1ccccc1NC(=O)/C(F)=C/C=C/C1(F)CC1c1ccc(Br)c(Br)c1. The van der Waals surface area contributed by atoms with Gasteiger partial charge in [0, 0.05) is 20.6 Å². The molecule has 27 heavy (non-hydrogen) atoms. The smallest absolute Gasteiger partial charge is 0.284 e. The van der Waals surface area contributed by atoms with Crippen LogP contribution in [0.5, 0.6) is 0 Å². The number of amides is 1. The summed E-state index contributed by atoms with van der Waals surface area (Å²) >= 11 is 6.79. The molecule has 0 heterocycles. The first-order valence-electron chi connectivity index (χ1n) is 8.36. The van der Waals surface area contributed by atoms with Crippen LogP contribution in [0.25, 0.3) is 0 Å². The van der Waals surface area contributed by atoms with Crippen LogP contribution in [0.4, 0.5) is 14.5 Å². The van der Waals surface area contributed by atoms with Crippen LogP contribution in [-0.2, 0) is 4.79 Å². The Morgan fingerprint density at radius 3 is 2.67 bits per heavy atom. The van der Waals surface area contributed by atoms with Gasteiger partial charge in [-0.15, -0.1) is 0 Å². The summed E-state index contributed by atoms with van der Waals surface area (Å²) in [5, 5.41) is 2.50. The van der Waals surface area contributed by atoms with Gasteiger partial charge in [-0.2, -0.15) is 0 Å². The summed E-state index contributed by atoms with van der Waals surface area (Å²) in [6.07, 6.45) is 3.90. The van der Waals surface area contributed by atoms with Gasteiger partial charge in [0.15, 0.2) is 5.83 Å². The van der Waals surface area contributed by atoms with Gasteiger partial charge >= 0.3 is 0 Å². The second-order valence-electron chi connectivity index (χ2n) is 6.50. The van der Waals surface area contributed by atoms with Crippen LogP contribution in [0, 0.1) is 6.92 Å². The van der Waals surface area contributed by atoms with Crippen molar-refractivity contribution in [1.82, 2.24) is 0 Å². The maximum Gasteiger partial charge on any atom is 0.284 e. The molecule has 1 aliphatic rings. The Kier molecular flexibility index (Phi) is 5.96. The lowest BCUT2D eigenvalue weighted by Crippen LogP contribution is -2.12. The highest BCUT2D eigenvalue weighted by atomic mass is 79.9. The molecule has 1 fully saturated rings. The molecule has 0 aliphatic heterocycles. The topological polar surface area (TPSA) is 29.1 Å². The average molecular weight is 497 g/mol. The number of hydrogen-bond donors (Lipinski definition) is 1. The third kappa shape index (κ3) is 4.74. The molecule has 0 bridgehead atoms. The standard InChI is InChI=1S/C21H17Br2F2NO/c1-13-5-2-3-7-19(13)26-20(27)18(24)6-4-10-21(25)12-15(21)14-8-9-16(22)17(23)11-14/h2-11,15H,12H2,1H3,(H,26,27)/b10-4+,18-6-. The van der Waals surface area contributed by atoms with E-state index in [1.165, 1.54) is 12.2 Å². The molecule has 3 rings (SSSR count). The third-order valence-corrected chi connectivity index (χ3v) is 6.39. The first-order chi connectivity index (χ1) is 12.8. The zero-order valence-electron chi connectivity index (χ0n) is 14.5. The molecule has 6 heteroatoms. The van der Waals surface area contributed by atoms with E-state index in [1.54, 1.807) is 12.1 Å². The molecule has 1 aliphatic carbocycles. The number of rotatable bonds is 5. The number of alkyl halides is 1. The molecule has 0 saturated heterocycles. The largest absolute Gasteiger partial charge is 0.320 e. The van der Waals surface area contributed by atoms with E-state index >= 15 is 0 Å². The highest BCUT2D eigenvalue weighted by Crippen LogP contribution is 2.56. The van der Waals surface area contributed by atoms with Crippen LogP contribution in [0.1, 0.15) is 23.5 Å². The second kappa shape index (κ2) is 8.07. The summed E-state index contributed by atoms with van der Waals surface area (Å²) < 4.78 is 30.5. The lowest BCUT2D eigenvalue weighted by Gasteiger charge is -2.06. The number of carbonyl (C=O) groups is 1. The number of benzene rings is 2. The quantitative estimate of drug-likeness (QED) is 0.359. The summed E-state index contributed by atoms with van der Waals surface area (Å²) in [7, 11) is 0. The van der Waals surface area contributed by atoms with Crippen molar-refractivity contribution in [3.05, 3.63) is 86.6 Å². The van der Waals surface area contributed by atoms with E-state index in [2.05, 4.69) is 37.2 Å². The van der Waals surface area contributed by atoms with Gasteiger partial charge in [0.25, 0.3) is 5.91 Å². The molecule has 0 spiro atoms. The Morgan fingerprint density at radius 2 is 1.96 bits per heavy atom. The van der Waals surface area contributed by atoms with Crippen LogP contribution in [-0.4, -0.2) is 11.6 Å². The van der Waals surface area contributed by atoms with Gasteiger partial charge in [-0.3, -0.25) is 4.79 Å². The zero-order valence-corrected chi connectivity index (χ0v) is 17.7. The van der Waals surface area contributed by atoms with Crippen LogP contribution in [0.3, 0.4) is 0 Å². The molecule has 0 radical (unpaired) electrons. The van der Waals surface area contributed by atoms with Crippen LogP contribution >= 0.6 is 31.9 Å². The number of aryl methyl sites for hydroxylation is 1. The van der Waals surface area contributed by atoms with Gasteiger partial charge in [0.1, 0.15) is 5.67 Å². The number of para-hydroxylation sites is 1. The number of hydrogen-bond acceptors (Lipinski definition) is 1. The van der Waals surface area contributed by atoms with Crippen LogP contribution < -0.4 is 5.32 Å². The minimum absolute atomic E-state index is 0.268. The van der Waals surface area contributed by atoms with E-state index in [1.807, 2.05) is 37.3 Å². The van der Waals surface area contributed by atoms with E-state index in [0.717, 1.165) is 26.1 Å². The third-order valence-electron chi connectivity index (χ3n) is 4.51. The van der Waals surface area contributed by atoms with Crippen molar-refractivity contribution in [2.24, 2.45) is 0 Å². The first-order valence-corrected chi connectivity index (χ1v) is 9.94. The maximum absolute atomic E-state index is 14.8. The summed E-state index contributed by atoms with van der Waals surface area (Å²) in [6, 6.07) is 12.7. The van der Waals surface area contributed by atoms with Crippen molar-refractivity contribution >= 4 is 43.5 Å². The molecule has 140 valence electrons. The molecule has 1 saturated carbocycles. The molecular weight excluding hydrogens is 480 g/mol. The van der Waals surface area contributed by atoms with Crippen LogP contribution in [0.2, 0.25) is 0 Å². The monoisotopic (exact) mass is 495 g/mol. The van der Waals surface area contributed by atoms with Gasteiger partial charge in [0.05, 0.1) is 0 Å². The van der Waals surface area contributed by atoms with Crippen molar-refractivity contribution < 1.29 is 13.6 Å². The average Bonchev–Trinajstić information content (AvgIpc) is 3.30. The van der Waals surface area contributed by atoms with E-state index in [4.69, 9.17) is 0 Å². The minimum atomic E-state index is -1.52. The Labute approximate surface area is 173 Å². The molecule has 2 nitrogen and oxygen atoms in total. The van der Waals surface area contributed by atoms with E-state index in [9.17, 15) is 13.6 Å². The predicted octanol–water partition coefficient (Wildman–Crippen LogP) is 6.76. The van der Waals surface area contributed by atoms with E-state index in [0.29, 0.717) is 12.1 Å². The zero-order chi connectivity index (χ0) is 19.6.